The first-order valence-corrected chi connectivity index (χ1v) is 12.7. The van der Waals surface area contributed by atoms with Crippen molar-refractivity contribution in [1.82, 2.24) is 4.90 Å². The summed E-state index contributed by atoms with van der Waals surface area (Å²) in [4.78, 5) is 29.2. The van der Waals surface area contributed by atoms with Crippen LogP contribution in [0.25, 0.3) is 11.0 Å². The van der Waals surface area contributed by atoms with Gasteiger partial charge in [0.25, 0.3) is 5.91 Å². The lowest BCUT2D eigenvalue weighted by molar-refractivity contribution is 0.0714. The Morgan fingerprint density at radius 1 is 1.00 bits per heavy atom. The van der Waals surface area contributed by atoms with Crippen LogP contribution in [0, 0.1) is 6.92 Å². The molecule has 190 valence electrons. The average Bonchev–Trinajstić information content (AvgIpc) is 3.17. The van der Waals surface area contributed by atoms with Crippen LogP contribution < -0.4 is 14.9 Å². The third-order valence-electron chi connectivity index (χ3n) is 6.66. The minimum atomic E-state index is -0.665. The average molecular weight is 518 g/mol. The summed E-state index contributed by atoms with van der Waals surface area (Å²) in [6.45, 7) is 5.00. The molecule has 4 aromatic rings. The Morgan fingerprint density at radius 3 is 2.51 bits per heavy atom. The second-order valence-electron chi connectivity index (χ2n) is 9.25. The molecule has 0 bridgehead atoms. The molecule has 0 N–H and O–H groups in total. The largest absolute Gasteiger partial charge is 0.493 e. The Labute approximate surface area is 220 Å². The lowest BCUT2D eigenvalue weighted by Crippen LogP contribution is -2.29. The first-order valence-electron chi connectivity index (χ1n) is 12.3. The molecule has 6 nitrogen and oxygen atoms in total. The zero-order valence-electron chi connectivity index (χ0n) is 21.0. The summed E-state index contributed by atoms with van der Waals surface area (Å²) < 4.78 is 17.6. The van der Waals surface area contributed by atoms with Gasteiger partial charge < -0.3 is 18.8 Å². The molecule has 1 aliphatic heterocycles. The maximum atomic E-state index is 13.8. The van der Waals surface area contributed by atoms with Crippen molar-refractivity contribution in [2.45, 2.75) is 39.3 Å². The van der Waals surface area contributed by atoms with Gasteiger partial charge in [-0.2, -0.15) is 0 Å². The molecule has 5 rings (SSSR count). The summed E-state index contributed by atoms with van der Waals surface area (Å²) in [6, 6.07) is 17.7. The first kappa shape index (κ1) is 24.9. The zero-order valence-corrected chi connectivity index (χ0v) is 21.8. The van der Waals surface area contributed by atoms with Crippen molar-refractivity contribution in [2.24, 2.45) is 0 Å². The highest BCUT2D eigenvalue weighted by Gasteiger charge is 2.43. The number of aryl methyl sites for hydroxylation is 1. The monoisotopic (exact) mass is 517 g/mol. The molecule has 1 amide bonds. The van der Waals surface area contributed by atoms with Crippen LogP contribution in [0.5, 0.6) is 11.5 Å². The van der Waals surface area contributed by atoms with Gasteiger partial charge in [0.15, 0.2) is 16.9 Å². The smallest absolute Gasteiger partial charge is 0.291 e. The Bertz CT molecular complexity index is 1530. The number of methoxy groups -OCH3 is 1. The van der Waals surface area contributed by atoms with Crippen molar-refractivity contribution < 1.29 is 18.7 Å². The van der Waals surface area contributed by atoms with Gasteiger partial charge in [-0.25, -0.2) is 0 Å². The molecule has 0 aliphatic carbocycles. The van der Waals surface area contributed by atoms with Gasteiger partial charge in [-0.05, 0) is 54.8 Å². The zero-order chi connectivity index (χ0) is 26.1. The minimum Gasteiger partial charge on any atom is -0.493 e. The van der Waals surface area contributed by atoms with E-state index in [0.29, 0.717) is 46.2 Å². The number of ether oxygens (including phenoxy) is 2. The predicted octanol–water partition coefficient (Wildman–Crippen LogP) is 6.69. The number of nitrogens with zero attached hydrogens (tertiary/aromatic N) is 1. The summed E-state index contributed by atoms with van der Waals surface area (Å²) in [7, 11) is 1.58. The lowest BCUT2D eigenvalue weighted by atomic mass is 9.97. The fourth-order valence-electron chi connectivity index (χ4n) is 4.69. The van der Waals surface area contributed by atoms with Gasteiger partial charge in [-0.15, -0.1) is 0 Å². The Kier molecular flexibility index (Phi) is 6.94. The number of rotatable bonds is 8. The number of benzene rings is 3. The summed E-state index contributed by atoms with van der Waals surface area (Å²) in [5, 5.41) is 0.764. The molecule has 1 aromatic heterocycles. The van der Waals surface area contributed by atoms with E-state index >= 15 is 0 Å². The molecular formula is C30H28ClNO5. The number of amides is 1. The summed E-state index contributed by atoms with van der Waals surface area (Å²) >= 11 is 6.19. The second kappa shape index (κ2) is 10.3. The van der Waals surface area contributed by atoms with Gasteiger partial charge in [-0.1, -0.05) is 60.8 Å². The van der Waals surface area contributed by atoms with Crippen molar-refractivity contribution in [3.8, 4) is 11.5 Å². The topological polar surface area (TPSA) is 69.0 Å². The highest BCUT2D eigenvalue weighted by molar-refractivity contribution is 6.31. The molecule has 0 spiro atoms. The molecule has 0 radical (unpaired) electrons. The Morgan fingerprint density at radius 2 is 1.78 bits per heavy atom. The number of hydrogen-bond donors (Lipinski definition) is 0. The van der Waals surface area contributed by atoms with Crippen LogP contribution in [0.1, 0.15) is 58.6 Å². The molecular weight excluding hydrogens is 490 g/mol. The van der Waals surface area contributed by atoms with Crippen LogP contribution in [0.4, 0.5) is 0 Å². The van der Waals surface area contributed by atoms with Crippen LogP contribution >= 0.6 is 11.6 Å². The summed E-state index contributed by atoms with van der Waals surface area (Å²) in [6.07, 6.45) is 1.94. The van der Waals surface area contributed by atoms with Crippen molar-refractivity contribution in [3.05, 3.63) is 104 Å². The molecule has 7 heteroatoms. The number of carbonyl (C=O) groups excluding carboxylic acids is 1. The van der Waals surface area contributed by atoms with Gasteiger partial charge in [0.05, 0.1) is 30.7 Å². The maximum absolute atomic E-state index is 13.8. The van der Waals surface area contributed by atoms with E-state index in [1.54, 1.807) is 30.2 Å². The van der Waals surface area contributed by atoms with Gasteiger partial charge in [0, 0.05) is 11.6 Å². The number of unbranched alkanes of at least 4 members (excludes halogenated alkanes) is 1. The molecule has 1 atom stereocenters. The van der Waals surface area contributed by atoms with Gasteiger partial charge >= 0.3 is 0 Å². The van der Waals surface area contributed by atoms with E-state index < -0.39 is 6.04 Å². The molecule has 3 aromatic carbocycles. The minimum absolute atomic E-state index is 0.0548. The molecule has 2 heterocycles. The standard InChI is InChI=1S/C30H28ClNO5/c1-4-5-14-36-24-12-10-20(15-25(24)35-3)27-26-28(33)22-16-21(31)11-13-23(22)37-29(26)30(34)32(27)17-19-8-6-18(2)7-9-19/h6-13,15-16,27H,4-5,14,17H2,1-3H3. The summed E-state index contributed by atoms with van der Waals surface area (Å²) in [5.74, 6) is 0.876. The Hall–Kier alpha value is -3.77. The van der Waals surface area contributed by atoms with Crippen molar-refractivity contribution >= 4 is 28.5 Å². The van der Waals surface area contributed by atoms with Crippen molar-refractivity contribution in [1.29, 1.82) is 0 Å². The molecule has 37 heavy (non-hydrogen) atoms. The first-order chi connectivity index (χ1) is 17.9. The van der Waals surface area contributed by atoms with Crippen LogP contribution in [0.3, 0.4) is 0 Å². The number of fused-ring (bicyclic) bond motifs is 2. The van der Waals surface area contributed by atoms with E-state index in [1.807, 2.05) is 49.4 Å². The van der Waals surface area contributed by atoms with E-state index in [-0.39, 0.29) is 17.1 Å². The quantitative estimate of drug-likeness (QED) is 0.244. The van der Waals surface area contributed by atoms with E-state index in [2.05, 4.69) is 6.92 Å². The highest BCUT2D eigenvalue weighted by Crippen LogP contribution is 2.42. The van der Waals surface area contributed by atoms with Crippen LogP contribution in [0.2, 0.25) is 5.02 Å². The molecule has 1 unspecified atom stereocenters. The fraction of sp³-hybridized carbons (Fsp3) is 0.267. The molecule has 1 aliphatic rings. The number of hydrogen-bond acceptors (Lipinski definition) is 5. The van der Waals surface area contributed by atoms with E-state index in [1.165, 1.54) is 0 Å². The van der Waals surface area contributed by atoms with Crippen LogP contribution in [0.15, 0.2) is 69.9 Å². The van der Waals surface area contributed by atoms with E-state index in [4.69, 9.17) is 25.5 Å². The SMILES string of the molecule is CCCCOc1ccc(C2c3c(oc4ccc(Cl)cc4c3=O)C(=O)N2Cc2ccc(C)cc2)cc1OC. The molecule has 0 saturated carbocycles. The van der Waals surface area contributed by atoms with Crippen molar-refractivity contribution in [2.75, 3.05) is 13.7 Å². The highest BCUT2D eigenvalue weighted by atomic mass is 35.5. The third kappa shape index (κ3) is 4.69. The van der Waals surface area contributed by atoms with Crippen LogP contribution in [-0.4, -0.2) is 24.5 Å². The molecule has 0 fully saturated rings. The maximum Gasteiger partial charge on any atom is 0.291 e. The summed E-state index contributed by atoms with van der Waals surface area (Å²) in [5.41, 5.74) is 3.16. The second-order valence-corrected chi connectivity index (χ2v) is 9.68. The fourth-order valence-corrected chi connectivity index (χ4v) is 4.86. The van der Waals surface area contributed by atoms with Crippen LogP contribution in [-0.2, 0) is 6.54 Å². The van der Waals surface area contributed by atoms with E-state index in [0.717, 1.165) is 29.5 Å². The van der Waals surface area contributed by atoms with Crippen molar-refractivity contribution in [3.63, 3.8) is 0 Å². The van der Waals surface area contributed by atoms with E-state index in [9.17, 15) is 9.59 Å². The van der Waals surface area contributed by atoms with Gasteiger partial charge in [0.1, 0.15) is 5.58 Å². The number of carbonyl (C=O) groups is 1. The third-order valence-corrected chi connectivity index (χ3v) is 6.90. The predicted molar refractivity (Wildman–Crippen MR) is 144 cm³/mol. The van der Waals surface area contributed by atoms with Gasteiger partial charge in [0.2, 0.25) is 5.76 Å². The lowest BCUT2D eigenvalue weighted by Gasteiger charge is -2.26. The number of halogens is 1. The normalized spacial score (nSPS) is 14.8. The Balaban J connectivity index is 1.66. The van der Waals surface area contributed by atoms with Gasteiger partial charge in [-0.3, -0.25) is 9.59 Å². The molecule has 0 saturated heterocycles.